The van der Waals surface area contributed by atoms with Gasteiger partial charge in [-0.1, -0.05) is 43.8 Å². The number of benzene rings is 1. The van der Waals surface area contributed by atoms with Crippen LogP contribution in [0.25, 0.3) is 11.0 Å². The molecule has 3 heterocycles. The molecule has 2 aromatic heterocycles. The highest BCUT2D eigenvalue weighted by molar-refractivity contribution is 7.99. The summed E-state index contributed by atoms with van der Waals surface area (Å²) in [6.45, 7) is 6.29. The minimum atomic E-state index is -0.355. The first-order chi connectivity index (χ1) is 16.1. The molecule has 0 saturated carbocycles. The normalized spacial score (nSPS) is 15.9. The van der Waals surface area contributed by atoms with Gasteiger partial charge in [0.05, 0.1) is 24.0 Å². The highest BCUT2D eigenvalue weighted by Crippen LogP contribution is 2.26. The summed E-state index contributed by atoms with van der Waals surface area (Å²) in [6, 6.07) is 9.46. The Hall–Kier alpha value is -3.14. The zero-order valence-electron chi connectivity index (χ0n) is 19.0. The van der Waals surface area contributed by atoms with Gasteiger partial charge in [0.1, 0.15) is 5.82 Å². The number of hydrogen-bond donors (Lipinski definition) is 2. The molecular weight excluding hydrogens is 438 g/mol. The van der Waals surface area contributed by atoms with Gasteiger partial charge in [-0.15, -0.1) is 0 Å². The van der Waals surface area contributed by atoms with Crippen molar-refractivity contribution in [2.75, 3.05) is 35.6 Å². The van der Waals surface area contributed by atoms with E-state index in [1.807, 2.05) is 30.3 Å². The van der Waals surface area contributed by atoms with E-state index in [2.05, 4.69) is 39.5 Å². The van der Waals surface area contributed by atoms with Crippen molar-refractivity contribution in [3.8, 4) is 0 Å². The Labute approximate surface area is 197 Å². The SMILES string of the molecule is CCCNc1nc(SCC)nc2c1cnn2CCNC(=O)C1CC(=O)N(c2ccccc2)C1. The van der Waals surface area contributed by atoms with Crippen molar-refractivity contribution in [2.45, 2.75) is 38.4 Å². The second kappa shape index (κ2) is 10.7. The van der Waals surface area contributed by atoms with Gasteiger partial charge in [-0.3, -0.25) is 9.59 Å². The van der Waals surface area contributed by atoms with E-state index in [1.54, 1.807) is 27.5 Å². The van der Waals surface area contributed by atoms with Crippen LogP contribution in [-0.4, -0.2) is 56.9 Å². The first-order valence-corrected chi connectivity index (χ1v) is 12.3. The van der Waals surface area contributed by atoms with Crippen molar-refractivity contribution in [1.29, 1.82) is 0 Å². The van der Waals surface area contributed by atoms with Crippen molar-refractivity contribution in [3.05, 3.63) is 36.5 Å². The molecule has 174 valence electrons. The molecule has 1 aliphatic heterocycles. The molecule has 4 rings (SSSR count). The molecule has 0 bridgehead atoms. The molecule has 9 nitrogen and oxygen atoms in total. The fourth-order valence-electron chi connectivity index (χ4n) is 3.84. The molecule has 1 unspecified atom stereocenters. The van der Waals surface area contributed by atoms with Gasteiger partial charge in [0.15, 0.2) is 10.8 Å². The van der Waals surface area contributed by atoms with Gasteiger partial charge in [-0.05, 0) is 24.3 Å². The first kappa shape index (κ1) is 23.0. The maximum absolute atomic E-state index is 12.7. The number of anilines is 2. The largest absolute Gasteiger partial charge is 0.369 e. The molecule has 0 aliphatic carbocycles. The number of nitrogens with one attached hydrogen (secondary N) is 2. The quantitative estimate of drug-likeness (QED) is 0.349. The molecule has 0 radical (unpaired) electrons. The zero-order valence-corrected chi connectivity index (χ0v) is 19.8. The summed E-state index contributed by atoms with van der Waals surface area (Å²) in [5.41, 5.74) is 1.58. The number of carbonyl (C=O) groups is 2. The Kier molecular flexibility index (Phi) is 7.43. The summed E-state index contributed by atoms with van der Waals surface area (Å²) in [4.78, 5) is 36.1. The summed E-state index contributed by atoms with van der Waals surface area (Å²) < 4.78 is 1.80. The number of hydrogen-bond acceptors (Lipinski definition) is 7. The molecule has 1 aliphatic rings. The van der Waals surface area contributed by atoms with E-state index in [0.29, 0.717) is 24.8 Å². The van der Waals surface area contributed by atoms with E-state index in [0.717, 1.165) is 41.3 Å². The van der Waals surface area contributed by atoms with Crippen molar-refractivity contribution in [1.82, 2.24) is 25.1 Å². The van der Waals surface area contributed by atoms with Crippen molar-refractivity contribution in [2.24, 2.45) is 5.92 Å². The van der Waals surface area contributed by atoms with E-state index < -0.39 is 0 Å². The highest BCUT2D eigenvalue weighted by atomic mass is 32.2. The van der Waals surface area contributed by atoms with Crippen molar-refractivity contribution >= 4 is 46.1 Å². The Morgan fingerprint density at radius 1 is 1.18 bits per heavy atom. The van der Waals surface area contributed by atoms with E-state index in [9.17, 15) is 9.59 Å². The lowest BCUT2D eigenvalue weighted by Crippen LogP contribution is -2.35. The number of para-hydroxylation sites is 1. The standard InChI is InChI=1S/C23H29N7O2S/c1-3-10-24-20-18-14-26-30(21(18)28-23(27-20)33-4-2)12-11-25-22(32)16-13-19(31)29(15-16)17-8-6-5-7-9-17/h5-9,14,16H,3-4,10-13,15H2,1-2H3,(H,25,32)(H,24,27,28). The minimum absolute atomic E-state index is 0.0239. The molecule has 1 fully saturated rings. The third kappa shape index (κ3) is 5.27. The molecule has 1 saturated heterocycles. The lowest BCUT2D eigenvalue weighted by atomic mass is 10.1. The third-order valence-electron chi connectivity index (χ3n) is 5.48. The van der Waals surface area contributed by atoms with Crippen LogP contribution in [0, 0.1) is 5.92 Å². The number of rotatable bonds is 10. The second-order valence-electron chi connectivity index (χ2n) is 7.85. The van der Waals surface area contributed by atoms with Crippen LogP contribution >= 0.6 is 11.8 Å². The Morgan fingerprint density at radius 3 is 2.76 bits per heavy atom. The molecule has 1 aromatic carbocycles. The zero-order chi connectivity index (χ0) is 23.2. The lowest BCUT2D eigenvalue weighted by molar-refractivity contribution is -0.126. The summed E-state index contributed by atoms with van der Waals surface area (Å²) in [5, 5.41) is 12.4. The average molecular weight is 468 g/mol. The summed E-state index contributed by atoms with van der Waals surface area (Å²) in [7, 11) is 0. The van der Waals surface area contributed by atoms with Crippen molar-refractivity contribution < 1.29 is 9.59 Å². The second-order valence-corrected chi connectivity index (χ2v) is 9.08. The Morgan fingerprint density at radius 2 is 2.00 bits per heavy atom. The smallest absolute Gasteiger partial charge is 0.227 e. The fourth-order valence-corrected chi connectivity index (χ4v) is 4.41. The molecule has 1 atom stereocenters. The predicted octanol–water partition coefficient (Wildman–Crippen LogP) is 2.93. The molecular formula is C23H29N7O2S. The molecule has 0 spiro atoms. The molecule has 2 N–H and O–H groups in total. The van der Waals surface area contributed by atoms with Crippen LogP contribution in [0.15, 0.2) is 41.7 Å². The Balaban J connectivity index is 1.39. The Bertz CT molecular complexity index is 1120. The number of nitrogens with zero attached hydrogens (tertiary/aromatic N) is 5. The fraction of sp³-hybridized carbons (Fsp3) is 0.435. The van der Waals surface area contributed by atoms with Crippen molar-refractivity contribution in [3.63, 3.8) is 0 Å². The average Bonchev–Trinajstić information content (AvgIpc) is 3.42. The van der Waals surface area contributed by atoms with Crippen LogP contribution in [0.2, 0.25) is 0 Å². The number of amides is 2. The highest BCUT2D eigenvalue weighted by Gasteiger charge is 2.34. The number of carbonyl (C=O) groups excluding carboxylic acids is 2. The van der Waals surface area contributed by atoms with Gasteiger partial charge in [0.25, 0.3) is 0 Å². The van der Waals surface area contributed by atoms with Crippen LogP contribution in [-0.2, 0) is 16.1 Å². The number of thioether (sulfide) groups is 1. The topological polar surface area (TPSA) is 105 Å². The summed E-state index contributed by atoms with van der Waals surface area (Å²) in [5.74, 6) is 1.18. The van der Waals surface area contributed by atoms with E-state index in [4.69, 9.17) is 0 Å². The van der Waals surface area contributed by atoms with Gasteiger partial charge in [0.2, 0.25) is 11.8 Å². The van der Waals surface area contributed by atoms with E-state index >= 15 is 0 Å². The van der Waals surface area contributed by atoms with Gasteiger partial charge in [-0.2, -0.15) is 5.10 Å². The number of aromatic nitrogens is 4. The van der Waals surface area contributed by atoms with Crippen LogP contribution in [0.3, 0.4) is 0 Å². The predicted molar refractivity (Wildman–Crippen MR) is 130 cm³/mol. The van der Waals surface area contributed by atoms with Crippen LogP contribution in [0.1, 0.15) is 26.7 Å². The summed E-state index contributed by atoms with van der Waals surface area (Å²) in [6.07, 6.45) is 2.99. The third-order valence-corrected chi connectivity index (χ3v) is 6.21. The molecule has 2 amide bonds. The van der Waals surface area contributed by atoms with Gasteiger partial charge >= 0.3 is 0 Å². The van der Waals surface area contributed by atoms with Crippen LogP contribution in [0.4, 0.5) is 11.5 Å². The van der Waals surface area contributed by atoms with Crippen LogP contribution < -0.4 is 15.5 Å². The maximum Gasteiger partial charge on any atom is 0.227 e. The summed E-state index contributed by atoms with van der Waals surface area (Å²) >= 11 is 1.58. The monoisotopic (exact) mass is 467 g/mol. The molecule has 3 aromatic rings. The van der Waals surface area contributed by atoms with Gasteiger partial charge < -0.3 is 15.5 Å². The van der Waals surface area contributed by atoms with Gasteiger partial charge in [-0.25, -0.2) is 14.6 Å². The van der Waals surface area contributed by atoms with Crippen LogP contribution in [0.5, 0.6) is 0 Å². The molecule has 33 heavy (non-hydrogen) atoms. The number of fused-ring (bicyclic) bond motifs is 1. The minimum Gasteiger partial charge on any atom is -0.369 e. The lowest BCUT2D eigenvalue weighted by Gasteiger charge is -2.16. The maximum atomic E-state index is 12.7. The molecule has 10 heteroatoms. The van der Waals surface area contributed by atoms with E-state index in [-0.39, 0.29) is 24.2 Å². The van der Waals surface area contributed by atoms with Gasteiger partial charge in [0, 0.05) is 31.7 Å². The first-order valence-electron chi connectivity index (χ1n) is 11.3. The van der Waals surface area contributed by atoms with E-state index in [1.165, 1.54) is 0 Å².